The highest BCUT2D eigenvalue weighted by molar-refractivity contribution is 5.99. The Balaban J connectivity index is 1.99. The summed E-state index contributed by atoms with van der Waals surface area (Å²) in [5.74, 6) is -0.114. The molecule has 1 heterocycles. The summed E-state index contributed by atoms with van der Waals surface area (Å²) in [6.45, 7) is 12.7. The highest BCUT2D eigenvalue weighted by Crippen LogP contribution is 2.18. The number of nitrogens with zero attached hydrogens (tertiary/aromatic N) is 2. The largest absolute Gasteiger partial charge is 0.345 e. The molecule has 5 nitrogen and oxygen atoms in total. The predicted molar refractivity (Wildman–Crippen MR) is 110 cm³/mol. The third kappa shape index (κ3) is 4.95. The van der Waals surface area contributed by atoms with Crippen molar-refractivity contribution in [3.05, 3.63) is 65.0 Å². The van der Waals surface area contributed by atoms with Crippen LogP contribution in [-0.2, 0) is 11.3 Å². The lowest BCUT2D eigenvalue weighted by Gasteiger charge is -2.17. The number of Topliss-reactive ketones (excluding diaryl/α,β-unsaturated/α-hetero) is 1. The number of carbonyl (C=O) groups excluding carboxylic acids is 2. The van der Waals surface area contributed by atoms with Crippen LogP contribution in [-0.4, -0.2) is 41.3 Å². The summed E-state index contributed by atoms with van der Waals surface area (Å²) in [7, 11) is 1.78. The van der Waals surface area contributed by atoms with E-state index >= 15 is 0 Å². The molecular formula is C22H29N3O2. The minimum Gasteiger partial charge on any atom is -0.345 e. The first-order chi connectivity index (χ1) is 12.7. The summed E-state index contributed by atoms with van der Waals surface area (Å²) in [4.78, 5) is 26.7. The van der Waals surface area contributed by atoms with Crippen LogP contribution in [0, 0.1) is 27.7 Å². The second kappa shape index (κ2) is 8.82. The van der Waals surface area contributed by atoms with Gasteiger partial charge in [-0.25, -0.2) is 0 Å². The third-order valence-corrected chi connectivity index (χ3v) is 4.89. The van der Waals surface area contributed by atoms with Gasteiger partial charge in [-0.15, -0.1) is 6.58 Å². The topological polar surface area (TPSA) is 54.3 Å². The van der Waals surface area contributed by atoms with Crippen molar-refractivity contribution < 1.29 is 9.59 Å². The highest BCUT2D eigenvalue weighted by Gasteiger charge is 2.18. The monoisotopic (exact) mass is 367 g/mol. The molecule has 0 saturated heterocycles. The highest BCUT2D eigenvalue weighted by atomic mass is 16.2. The Morgan fingerprint density at radius 3 is 2.56 bits per heavy atom. The van der Waals surface area contributed by atoms with Crippen molar-refractivity contribution in [2.24, 2.45) is 0 Å². The normalized spacial score (nSPS) is 10.9. The van der Waals surface area contributed by atoms with Crippen LogP contribution >= 0.6 is 0 Å². The molecule has 0 aliphatic heterocycles. The van der Waals surface area contributed by atoms with Gasteiger partial charge in [-0.05, 0) is 58.0 Å². The number of amides is 1. The number of rotatable bonds is 8. The van der Waals surface area contributed by atoms with E-state index in [4.69, 9.17) is 0 Å². The van der Waals surface area contributed by atoms with E-state index in [-0.39, 0.29) is 24.8 Å². The average Bonchev–Trinajstić information content (AvgIpc) is 2.87. The molecule has 0 unspecified atom stereocenters. The maximum atomic E-state index is 12.7. The number of hydrogen-bond acceptors (Lipinski definition) is 3. The maximum absolute atomic E-state index is 12.7. The molecule has 0 aliphatic carbocycles. The van der Waals surface area contributed by atoms with Gasteiger partial charge in [0.15, 0.2) is 5.78 Å². The molecule has 0 aliphatic rings. The quantitative estimate of drug-likeness (QED) is 0.572. The van der Waals surface area contributed by atoms with Gasteiger partial charge in [0, 0.05) is 29.2 Å². The first-order valence-electron chi connectivity index (χ1n) is 9.10. The Bertz CT molecular complexity index is 865. The molecule has 0 radical (unpaired) electrons. The van der Waals surface area contributed by atoms with E-state index in [0.717, 1.165) is 28.2 Å². The minimum atomic E-state index is -0.129. The standard InChI is InChI=1S/C22H29N3O2/c1-7-11-25-16(3)12-19(18(25)5)21(26)13-24(6)14-22(27)23-20-10-8-9-15(2)17(20)4/h7-10,12H,1,11,13-14H2,2-6H3,(H,23,27). The summed E-state index contributed by atoms with van der Waals surface area (Å²) in [6.07, 6.45) is 1.82. The maximum Gasteiger partial charge on any atom is 0.238 e. The summed E-state index contributed by atoms with van der Waals surface area (Å²) >= 11 is 0. The third-order valence-electron chi connectivity index (χ3n) is 4.89. The van der Waals surface area contributed by atoms with E-state index in [9.17, 15) is 9.59 Å². The Hall–Kier alpha value is -2.66. The Morgan fingerprint density at radius 1 is 1.19 bits per heavy atom. The number of aromatic nitrogens is 1. The van der Waals surface area contributed by atoms with E-state index in [1.54, 1.807) is 11.9 Å². The van der Waals surface area contributed by atoms with Gasteiger partial charge >= 0.3 is 0 Å². The van der Waals surface area contributed by atoms with Crippen LogP contribution in [0.2, 0.25) is 0 Å². The second-order valence-corrected chi connectivity index (χ2v) is 7.08. The average molecular weight is 367 g/mol. The van der Waals surface area contributed by atoms with Gasteiger partial charge in [-0.1, -0.05) is 18.2 Å². The lowest BCUT2D eigenvalue weighted by molar-refractivity contribution is -0.116. The van der Waals surface area contributed by atoms with Crippen molar-refractivity contribution in [1.29, 1.82) is 0 Å². The molecule has 0 bridgehead atoms. The number of aryl methyl sites for hydroxylation is 2. The minimum absolute atomic E-state index is 0.0143. The molecule has 1 aromatic carbocycles. The fraction of sp³-hybridized carbons (Fsp3) is 0.364. The van der Waals surface area contributed by atoms with Crippen LogP contribution in [0.5, 0.6) is 0 Å². The molecular weight excluding hydrogens is 338 g/mol. The lowest BCUT2D eigenvalue weighted by atomic mass is 10.1. The van der Waals surface area contributed by atoms with Gasteiger partial charge in [-0.2, -0.15) is 0 Å². The number of ketones is 1. The number of likely N-dealkylation sites (N-methyl/N-ethyl adjacent to an activating group) is 1. The van der Waals surface area contributed by atoms with Crippen LogP contribution in [0.15, 0.2) is 36.9 Å². The SMILES string of the molecule is C=CCn1c(C)cc(C(=O)CN(C)CC(=O)Nc2cccc(C)c2C)c1C. The van der Waals surface area contributed by atoms with Gasteiger partial charge in [-0.3, -0.25) is 14.5 Å². The van der Waals surface area contributed by atoms with E-state index in [1.807, 2.05) is 58.0 Å². The van der Waals surface area contributed by atoms with Crippen molar-refractivity contribution in [1.82, 2.24) is 9.47 Å². The first-order valence-corrected chi connectivity index (χ1v) is 9.10. The number of carbonyl (C=O) groups is 2. The molecule has 1 aromatic heterocycles. The summed E-state index contributed by atoms with van der Waals surface area (Å²) in [6, 6.07) is 7.73. The number of allylic oxidation sites excluding steroid dienone is 1. The van der Waals surface area contributed by atoms with Gasteiger partial charge < -0.3 is 9.88 Å². The summed E-state index contributed by atoms with van der Waals surface area (Å²) in [5.41, 5.74) is 5.67. The number of nitrogens with one attached hydrogen (secondary N) is 1. The molecule has 2 rings (SSSR count). The van der Waals surface area contributed by atoms with Gasteiger partial charge in [0.05, 0.1) is 13.1 Å². The van der Waals surface area contributed by atoms with Crippen molar-refractivity contribution in [3.8, 4) is 0 Å². The summed E-state index contributed by atoms with van der Waals surface area (Å²) in [5, 5.41) is 2.93. The molecule has 1 amide bonds. The van der Waals surface area contributed by atoms with Crippen molar-refractivity contribution in [2.45, 2.75) is 34.2 Å². The molecule has 0 atom stereocenters. The molecule has 0 spiro atoms. The van der Waals surface area contributed by atoms with E-state index in [2.05, 4.69) is 16.5 Å². The molecule has 2 aromatic rings. The van der Waals surface area contributed by atoms with Gasteiger partial charge in [0.1, 0.15) is 0 Å². The summed E-state index contributed by atoms with van der Waals surface area (Å²) < 4.78 is 2.06. The molecule has 144 valence electrons. The Labute approximate surface area is 161 Å². The van der Waals surface area contributed by atoms with Crippen molar-refractivity contribution >= 4 is 17.4 Å². The van der Waals surface area contributed by atoms with Crippen molar-refractivity contribution in [3.63, 3.8) is 0 Å². The zero-order valence-electron chi connectivity index (χ0n) is 16.9. The molecule has 27 heavy (non-hydrogen) atoms. The number of anilines is 1. The zero-order chi connectivity index (χ0) is 20.1. The van der Waals surface area contributed by atoms with Crippen LogP contribution < -0.4 is 5.32 Å². The Kier molecular flexibility index (Phi) is 6.75. The van der Waals surface area contributed by atoms with Crippen LogP contribution in [0.4, 0.5) is 5.69 Å². The van der Waals surface area contributed by atoms with Gasteiger partial charge in [0.25, 0.3) is 0 Å². The molecule has 5 heteroatoms. The van der Waals surface area contributed by atoms with Crippen molar-refractivity contribution in [2.75, 3.05) is 25.5 Å². The Morgan fingerprint density at radius 2 is 1.89 bits per heavy atom. The smallest absolute Gasteiger partial charge is 0.238 e. The number of hydrogen-bond donors (Lipinski definition) is 1. The van der Waals surface area contributed by atoms with Crippen LogP contribution in [0.25, 0.3) is 0 Å². The van der Waals surface area contributed by atoms with Crippen LogP contribution in [0.1, 0.15) is 32.9 Å². The molecule has 0 saturated carbocycles. The van der Waals surface area contributed by atoms with Gasteiger partial charge in [0.2, 0.25) is 5.91 Å². The zero-order valence-corrected chi connectivity index (χ0v) is 16.9. The lowest BCUT2D eigenvalue weighted by Crippen LogP contribution is -2.34. The first kappa shape index (κ1) is 20.6. The molecule has 0 fully saturated rings. The molecule has 1 N–H and O–H groups in total. The fourth-order valence-corrected chi connectivity index (χ4v) is 3.20. The second-order valence-electron chi connectivity index (χ2n) is 7.08. The van der Waals surface area contributed by atoms with Crippen LogP contribution in [0.3, 0.4) is 0 Å². The van der Waals surface area contributed by atoms with E-state index in [0.29, 0.717) is 12.1 Å². The number of benzene rings is 1. The predicted octanol–water partition coefficient (Wildman–Crippen LogP) is 3.66. The van der Waals surface area contributed by atoms with E-state index in [1.165, 1.54) is 0 Å². The van der Waals surface area contributed by atoms with E-state index < -0.39 is 0 Å². The fourth-order valence-electron chi connectivity index (χ4n) is 3.20.